The summed E-state index contributed by atoms with van der Waals surface area (Å²) in [6, 6.07) is 11.5. The maximum absolute atomic E-state index is 12.8. The average molecular weight is 387 g/mol. The molecule has 0 aromatic heterocycles. The third-order valence-electron chi connectivity index (χ3n) is 6.82. The quantitative estimate of drug-likeness (QED) is 0.814. The molecule has 0 unspecified atom stereocenters. The molecule has 1 aromatic rings. The molecular formula is C23H34N2O3. The minimum atomic E-state index is -0.356. The summed E-state index contributed by atoms with van der Waals surface area (Å²) in [5, 5.41) is 3.28. The molecule has 0 radical (unpaired) electrons. The van der Waals surface area contributed by atoms with Crippen molar-refractivity contribution >= 4 is 5.91 Å². The standard InChI is InChI=1S/C23H34N2O3/c1-2-20(18-7-4-3-5-8-18)21-9-6-14-25(21)17-22(26)24-19-10-12-23(13-11-19)27-15-16-28-23/h3-5,7-8,19-21H,2,6,9-17H2,1H3,(H,24,26)/t20-,21-/m1/s1. The summed E-state index contributed by atoms with van der Waals surface area (Å²) < 4.78 is 11.6. The lowest BCUT2D eigenvalue weighted by atomic mass is 9.87. The first-order chi connectivity index (χ1) is 13.7. The summed E-state index contributed by atoms with van der Waals surface area (Å²) in [6.07, 6.45) is 7.13. The molecule has 1 amide bonds. The van der Waals surface area contributed by atoms with Crippen molar-refractivity contribution < 1.29 is 14.3 Å². The van der Waals surface area contributed by atoms with Crippen molar-refractivity contribution in [3.8, 4) is 0 Å². The van der Waals surface area contributed by atoms with Gasteiger partial charge in [-0.3, -0.25) is 9.69 Å². The van der Waals surface area contributed by atoms with E-state index in [1.165, 1.54) is 18.4 Å². The number of hydrogen-bond acceptors (Lipinski definition) is 4. The van der Waals surface area contributed by atoms with E-state index in [1.54, 1.807) is 0 Å². The van der Waals surface area contributed by atoms with Crippen LogP contribution in [0.15, 0.2) is 30.3 Å². The van der Waals surface area contributed by atoms with Gasteiger partial charge in [-0.05, 0) is 50.1 Å². The first kappa shape index (κ1) is 19.9. The summed E-state index contributed by atoms with van der Waals surface area (Å²) >= 11 is 0. The molecule has 2 heterocycles. The Balaban J connectivity index is 1.30. The van der Waals surface area contributed by atoms with Gasteiger partial charge in [0.05, 0.1) is 19.8 Å². The minimum absolute atomic E-state index is 0.170. The second-order valence-electron chi connectivity index (χ2n) is 8.55. The Morgan fingerprint density at radius 2 is 1.89 bits per heavy atom. The van der Waals surface area contributed by atoms with Crippen molar-refractivity contribution in [2.75, 3.05) is 26.3 Å². The molecule has 1 spiro atoms. The van der Waals surface area contributed by atoms with Crippen LogP contribution >= 0.6 is 0 Å². The predicted molar refractivity (Wildman–Crippen MR) is 109 cm³/mol. The fraction of sp³-hybridized carbons (Fsp3) is 0.696. The largest absolute Gasteiger partial charge is 0.352 e. The van der Waals surface area contributed by atoms with Gasteiger partial charge in [0, 0.05) is 24.9 Å². The normalized spacial score (nSPS) is 26.5. The van der Waals surface area contributed by atoms with Crippen LogP contribution in [0.4, 0.5) is 0 Å². The molecule has 2 saturated heterocycles. The van der Waals surface area contributed by atoms with Crippen LogP contribution in [0.2, 0.25) is 0 Å². The van der Waals surface area contributed by atoms with Crippen LogP contribution in [0.5, 0.6) is 0 Å². The van der Waals surface area contributed by atoms with E-state index in [-0.39, 0.29) is 17.7 Å². The summed E-state index contributed by atoms with van der Waals surface area (Å²) in [4.78, 5) is 15.2. The molecule has 0 bridgehead atoms. The summed E-state index contributed by atoms with van der Waals surface area (Å²) in [5.74, 6) is 0.317. The molecule has 5 heteroatoms. The van der Waals surface area contributed by atoms with Gasteiger partial charge in [0.1, 0.15) is 0 Å². The van der Waals surface area contributed by atoms with Gasteiger partial charge in [-0.2, -0.15) is 0 Å². The predicted octanol–water partition coefficient (Wildman–Crippen LogP) is 3.45. The highest BCUT2D eigenvalue weighted by Crippen LogP contribution is 2.36. The molecule has 2 aliphatic heterocycles. The lowest BCUT2D eigenvalue weighted by molar-refractivity contribution is -0.180. The lowest BCUT2D eigenvalue weighted by Crippen LogP contribution is -2.48. The molecule has 1 aromatic carbocycles. The SMILES string of the molecule is CC[C@H](c1ccccc1)[C@H]1CCCN1CC(=O)NC1CCC2(CC1)OCCO2. The van der Waals surface area contributed by atoms with E-state index in [0.717, 1.165) is 38.6 Å². The van der Waals surface area contributed by atoms with E-state index in [1.807, 2.05) is 0 Å². The number of carbonyl (C=O) groups is 1. The zero-order valence-corrected chi connectivity index (χ0v) is 17.1. The van der Waals surface area contributed by atoms with Crippen molar-refractivity contribution in [1.29, 1.82) is 0 Å². The molecule has 1 aliphatic carbocycles. The van der Waals surface area contributed by atoms with Gasteiger partial charge in [0.15, 0.2) is 5.79 Å². The Bertz CT molecular complexity index is 635. The van der Waals surface area contributed by atoms with E-state index in [9.17, 15) is 4.79 Å². The van der Waals surface area contributed by atoms with Gasteiger partial charge < -0.3 is 14.8 Å². The number of nitrogens with zero attached hydrogens (tertiary/aromatic N) is 1. The van der Waals surface area contributed by atoms with Crippen LogP contribution in [-0.2, 0) is 14.3 Å². The van der Waals surface area contributed by atoms with Gasteiger partial charge in [-0.15, -0.1) is 0 Å². The Kier molecular flexibility index (Phi) is 6.34. The third-order valence-corrected chi connectivity index (χ3v) is 6.82. The van der Waals surface area contributed by atoms with Crippen molar-refractivity contribution in [2.45, 2.75) is 75.7 Å². The molecule has 5 nitrogen and oxygen atoms in total. The number of hydrogen-bond donors (Lipinski definition) is 1. The molecule has 2 atom stereocenters. The number of amides is 1. The second-order valence-corrected chi connectivity index (χ2v) is 8.55. The molecule has 3 fully saturated rings. The van der Waals surface area contributed by atoms with Crippen molar-refractivity contribution in [2.24, 2.45) is 0 Å². The molecule has 154 valence electrons. The Morgan fingerprint density at radius 3 is 2.57 bits per heavy atom. The number of likely N-dealkylation sites (tertiary alicyclic amines) is 1. The van der Waals surface area contributed by atoms with E-state index >= 15 is 0 Å². The second kappa shape index (κ2) is 8.93. The lowest BCUT2D eigenvalue weighted by Gasteiger charge is -2.36. The van der Waals surface area contributed by atoms with Crippen LogP contribution in [0.3, 0.4) is 0 Å². The van der Waals surface area contributed by atoms with Gasteiger partial charge >= 0.3 is 0 Å². The molecule has 4 rings (SSSR count). The van der Waals surface area contributed by atoms with Crippen molar-refractivity contribution in [1.82, 2.24) is 10.2 Å². The van der Waals surface area contributed by atoms with Gasteiger partial charge in [0.2, 0.25) is 5.91 Å². The van der Waals surface area contributed by atoms with Crippen LogP contribution in [0.1, 0.15) is 63.4 Å². The maximum Gasteiger partial charge on any atom is 0.234 e. The third kappa shape index (κ3) is 4.42. The van der Waals surface area contributed by atoms with Gasteiger partial charge in [-0.1, -0.05) is 37.3 Å². The zero-order valence-electron chi connectivity index (χ0n) is 17.1. The van der Waals surface area contributed by atoms with Gasteiger partial charge in [-0.25, -0.2) is 0 Å². The van der Waals surface area contributed by atoms with Crippen LogP contribution < -0.4 is 5.32 Å². The van der Waals surface area contributed by atoms with E-state index < -0.39 is 0 Å². The molecule has 1 N–H and O–H groups in total. The first-order valence-electron chi connectivity index (χ1n) is 11.1. The fourth-order valence-electron chi connectivity index (χ4n) is 5.38. The highest BCUT2D eigenvalue weighted by atomic mass is 16.7. The average Bonchev–Trinajstić information content (AvgIpc) is 3.36. The molecular weight excluding hydrogens is 352 g/mol. The highest BCUT2D eigenvalue weighted by molar-refractivity contribution is 5.78. The maximum atomic E-state index is 12.8. The summed E-state index contributed by atoms with van der Waals surface area (Å²) in [7, 11) is 0. The van der Waals surface area contributed by atoms with E-state index in [2.05, 4.69) is 47.5 Å². The first-order valence-corrected chi connectivity index (χ1v) is 11.1. The number of benzene rings is 1. The van der Waals surface area contributed by atoms with Crippen molar-refractivity contribution in [3.63, 3.8) is 0 Å². The van der Waals surface area contributed by atoms with E-state index in [4.69, 9.17) is 9.47 Å². The molecule has 28 heavy (non-hydrogen) atoms. The zero-order chi connectivity index (χ0) is 19.4. The van der Waals surface area contributed by atoms with E-state index in [0.29, 0.717) is 31.7 Å². The minimum Gasteiger partial charge on any atom is -0.352 e. The Hall–Kier alpha value is -1.43. The number of nitrogens with one attached hydrogen (secondary N) is 1. The van der Waals surface area contributed by atoms with Crippen LogP contribution in [-0.4, -0.2) is 55.0 Å². The summed E-state index contributed by atoms with van der Waals surface area (Å²) in [6.45, 7) is 5.21. The van der Waals surface area contributed by atoms with Crippen LogP contribution in [0, 0.1) is 0 Å². The molecule has 3 aliphatic rings. The number of rotatable bonds is 6. The van der Waals surface area contributed by atoms with Crippen molar-refractivity contribution in [3.05, 3.63) is 35.9 Å². The highest BCUT2D eigenvalue weighted by Gasteiger charge is 2.41. The smallest absolute Gasteiger partial charge is 0.234 e. The fourth-order valence-corrected chi connectivity index (χ4v) is 5.38. The summed E-state index contributed by atoms with van der Waals surface area (Å²) in [5.41, 5.74) is 1.40. The Morgan fingerprint density at radius 1 is 1.18 bits per heavy atom. The van der Waals surface area contributed by atoms with Gasteiger partial charge in [0.25, 0.3) is 0 Å². The van der Waals surface area contributed by atoms with Crippen LogP contribution in [0.25, 0.3) is 0 Å². The monoisotopic (exact) mass is 386 g/mol. The molecule has 1 saturated carbocycles. The topological polar surface area (TPSA) is 50.8 Å². The number of carbonyl (C=O) groups excluding carboxylic acids is 1. The number of ether oxygens (including phenoxy) is 2. The Labute approximate surface area is 168 Å².